The van der Waals surface area contributed by atoms with Gasteiger partial charge in [-0.05, 0) is 45.8 Å². The van der Waals surface area contributed by atoms with E-state index in [0.29, 0.717) is 22.3 Å². The van der Waals surface area contributed by atoms with Gasteiger partial charge >= 0.3 is 6.36 Å². The summed E-state index contributed by atoms with van der Waals surface area (Å²) in [6.07, 6.45) is -2.26. The lowest BCUT2D eigenvalue weighted by molar-refractivity contribution is -0.274. The first-order valence-corrected chi connectivity index (χ1v) is 9.17. The van der Waals surface area contributed by atoms with Crippen LogP contribution in [0.5, 0.6) is 5.75 Å². The minimum absolute atomic E-state index is 0.203. The molecular formula is C20H15BrF3N3O2. The summed E-state index contributed by atoms with van der Waals surface area (Å²) in [7, 11) is 0. The molecule has 0 bridgehead atoms. The fraction of sp³-hybridized carbons (Fsp3) is 0.100. The normalized spacial score (nSPS) is 11.2. The van der Waals surface area contributed by atoms with Gasteiger partial charge in [0.25, 0.3) is 5.56 Å². The summed E-state index contributed by atoms with van der Waals surface area (Å²) in [4.78, 5) is 13.0. The molecule has 0 saturated carbocycles. The Hall–Kier alpha value is -3.07. The van der Waals surface area contributed by atoms with Gasteiger partial charge in [-0.3, -0.25) is 9.36 Å². The molecule has 3 aromatic rings. The van der Waals surface area contributed by atoms with Crippen LogP contribution in [0.2, 0.25) is 0 Å². The Balaban J connectivity index is 1.96. The Labute approximate surface area is 172 Å². The molecule has 0 radical (unpaired) electrons. The van der Waals surface area contributed by atoms with Crippen LogP contribution >= 0.6 is 15.9 Å². The Morgan fingerprint density at radius 2 is 1.76 bits per heavy atom. The lowest BCUT2D eigenvalue weighted by Gasteiger charge is -2.15. The zero-order valence-corrected chi connectivity index (χ0v) is 16.4. The van der Waals surface area contributed by atoms with E-state index in [2.05, 4.69) is 26.0 Å². The molecule has 5 nitrogen and oxygen atoms in total. The van der Waals surface area contributed by atoms with E-state index in [1.54, 1.807) is 0 Å². The summed E-state index contributed by atoms with van der Waals surface area (Å²) < 4.78 is 42.6. The van der Waals surface area contributed by atoms with Crippen LogP contribution < -0.4 is 15.6 Å². The van der Waals surface area contributed by atoms with E-state index >= 15 is 0 Å². The van der Waals surface area contributed by atoms with Crippen molar-refractivity contribution in [2.24, 2.45) is 0 Å². The van der Waals surface area contributed by atoms with Crippen molar-refractivity contribution in [1.29, 1.82) is 5.41 Å². The zero-order valence-electron chi connectivity index (χ0n) is 14.8. The molecule has 9 heteroatoms. The van der Waals surface area contributed by atoms with E-state index in [-0.39, 0.29) is 11.4 Å². The molecule has 2 N–H and O–H groups in total. The number of ether oxygens (including phenoxy) is 1. The molecule has 1 aromatic heterocycles. The molecule has 0 saturated heterocycles. The van der Waals surface area contributed by atoms with E-state index in [9.17, 15) is 18.0 Å². The van der Waals surface area contributed by atoms with Crippen molar-refractivity contribution in [2.45, 2.75) is 12.9 Å². The van der Waals surface area contributed by atoms with Crippen molar-refractivity contribution in [1.82, 2.24) is 4.57 Å². The number of nitrogens with one attached hydrogen (secondary N) is 2. The maximum Gasteiger partial charge on any atom is 0.573 e. The fourth-order valence-electron chi connectivity index (χ4n) is 2.70. The van der Waals surface area contributed by atoms with Gasteiger partial charge in [-0.25, -0.2) is 0 Å². The third-order valence-electron chi connectivity index (χ3n) is 4.01. The first kappa shape index (κ1) is 20.7. The molecule has 0 aliphatic rings. The number of rotatable bonds is 6. The third kappa shape index (κ3) is 5.05. The molecule has 29 heavy (non-hydrogen) atoms. The summed E-state index contributed by atoms with van der Waals surface area (Å²) in [5.74, 6) is -0.382. The highest BCUT2D eigenvalue weighted by Gasteiger charge is 2.31. The third-order valence-corrected chi connectivity index (χ3v) is 4.64. The molecule has 0 atom stereocenters. The minimum Gasteiger partial charge on any atom is -0.406 e. The van der Waals surface area contributed by atoms with E-state index in [1.165, 1.54) is 22.9 Å². The average molecular weight is 466 g/mol. The van der Waals surface area contributed by atoms with Gasteiger partial charge in [-0.2, -0.15) is 0 Å². The summed E-state index contributed by atoms with van der Waals surface area (Å²) >= 11 is 3.35. The molecule has 0 spiro atoms. The highest BCUT2D eigenvalue weighted by molar-refractivity contribution is 9.10. The van der Waals surface area contributed by atoms with Crippen LogP contribution in [0.1, 0.15) is 11.1 Å². The van der Waals surface area contributed by atoms with E-state index in [0.717, 1.165) is 23.9 Å². The van der Waals surface area contributed by atoms with Crippen molar-refractivity contribution in [3.8, 4) is 11.4 Å². The van der Waals surface area contributed by atoms with Crippen LogP contribution in [0.4, 0.5) is 18.9 Å². The maximum absolute atomic E-state index is 13.0. The fourth-order valence-corrected chi connectivity index (χ4v) is 3.21. The number of anilines is 1. The Bertz CT molecular complexity index is 1070. The van der Waals surface area contributed by atoms with Crippen LogP contribution in [0.15, 0.2) is 70.1 Å². The van der Waals surface area contributed by atoms with Crippen molar-refractivity contribution in [3.05, 3.63) is 86.7 Å². The van der Waals surface area contributed by atoms with E-state index < -0.39 is 11.9 Å². The molecule has 150 valence electrons. The van der Waals surface area contributed by atoms with Crippen LogP contribution in [-0.4, -0.2) is 17.1 Å². The monoisotopic (exact) mass is 465 g/mol. The predicted molar refractivity (Wildman–Crippen MR) is 108 cm³/mol. The maximum atomic E-state index is 13.0. The summed E-state index contributed by atoms with van der Waals surface area (Å²) in [5.41, 5.74) is 1.44. The Morgan fingerprint density at radius 1 is 1.10 bits per heavy atom. The molecule has 0 unspecified atom stereocenters. The topological polar surface area (TPSA) is 67.1 Å². The van der Waals surface area contributed by atoms with Gasteiger partial charge in [0.2, 0.25) is 0 Å². The van der Waals surface area contributed by atoms with E-state index in [1.807, 2.05) is 30.3 Å². The molecule has 0 fully saturated rings. The lowest BCUT2D eigenvalue weighted by Crippen LogP contribution is -2.24. The van der Waals surface area contributed by atoms with Gasteiger partial charge in [-0.1, -0.05) is 30.3 Å². The molecule has 0 amide bonds. The number of alkyl halides is 3. The highest BCUT2D eigenvalue weighted by Crippen LogP contribution is 2.25. The zero-order chi connectivity index (χ0) is 21.0. The molecule has 1 heterocycles. The smallest absolute Gasteiger partial charge is 0.406 e. The highest BCUT2D eigenvalue weighted by atomic mass is 79.9. The largest absolute Gasteiger partial charge is 0.573 e. The molecule has 3 rings (SSSR count). The summed E-state index contributed by atoms with van der Waals surface area (Å²) in [5, 5.41) is 10.7. The van der Waals surface area contributed by atoms with Crippen molar-refractivity contribution in [2.75, 3.05) is 5.32 Å². The number of halogens is 4. The second-order valence-electron chi connectivity index (χ2n) is 5.97. The molecule has 0 aliphatic heterocycles. The van der Waals surface area contributed by atoms with Crippen molar-refractivity contribution >= 4 is 27.8 Å². The Kier molecular flexibility index (Phi) is 6.07. The van der Waals surface area contributed by atoms with Crippen molar-refractivity contribution in [3.63, 3.8) is 0 Å². The van der Waals surface area contributed by atoms with Crippen LogP contribution in [0.3, 0.4) is 0 Å². The number of benzene rings is 2. The van der Waals surface area contributed by atoms with Gasteiger partial charge in [0.15, 0.2) is 0 Å². The van der Waals surface area contributed by atoms with E-state index in [4.69, 9.17) is 5.41 Å². The number of pyridine rings is 1. The first-order valence-electron chi connectivity index (χ1n) is 8.38. The second kappa shape index (κ2) is 8.52. The SMILES string of the molecule is N=Cc1c(Br)cn(-c2ccc(OC(F)(F)F)cc2)c(=O)c1NCc1ccccc1. The standard InChI is InChI=1S/C20H15BrF3N3O2/c21-17-12-27(14-6-8-15(9-7-14)29-20(22,23)24)19(28)18(16(17)10-25)26-11-13-4-2-1-3-5-13/h1-10,12,25-26H,11H2. The minimum atomic E-state index is -4.79. The number of nitrogens with zero attached hydrogens (tertiary/aromatic N) is 1. The van der Waals surface area contributed by atoms with Gasteiger partial charge < -0.3 is 15.5 Å². The quantitative estimate of drug-likeness (QED) is 0.497. The summed E-state index contributed by atoms with van der Waals surface area (Å²) in [6, 6.07) is 14.4. The van der Waals surface area contributed by atoms with Crippen LogP contribution in [-0.2, 0) is 6.54 Å². The van der Waals surface area contributed by atoms with Gasteiger partial charge in [-0.15, -0.1) is 13.2 Å². The second-order valence-corrected chi connectivity index (χ2v) is 6.82. The number of hydrogen-bond acceptors (Lipinski definition) is 4. The predicted octanol–water partition coefficient (Wildman–Crippen LogP) is 5.11. The number of aromatic nitrogens is 1. The summed E-state index contributed by atoms with van der Waals surface area (Å²) in [6.45, 7) is 0.367. The van der Waals surface area contributed by atoms with Crippen molar-refractivity contribution < 1.29 is 17.9 Å². The average Bonchev–Trinajstić information content (AvgIpc) is 2.68. The molecule has 0 aliphatic carbocycles. The van der Waals surface area contributed by atoms with Gasteiger partial charge in [0, 0.05) is 34.7 Å². The van der Waals surface area contributed by atoms with Gasteiger partial charge in [0.1, 0.15) is 11.4 Å². The molecule has 2 aromatic carbocycles. The Morgan fingerprint density at radius 3 is 2.34 bits per heavy atom. The van der Waals surface area contributed by atoms with Crippen LogP contribution in [0.25, 0.3) is 5.69 Å². The van der Waals surface area contributed by atoms with Crippen LogP contribution in [0, 0.1) is 5.41 Å². The lowest BCUT2D eigenvalue weighted by atomic mass is 10.2. The first-order chi connectivity index (χ1) is 13.8. The van der Waals surface area contributed by atoms with Gasteiger partial charge in [0.05, 0.1) is 0 Å². The number of hydrogen-bond donors (Lipinski definition) is 2. The molecular weight excluding hydrogens is 451 g/mol.